The number of aryl methyl sites for hydroxylation is 1. The number of nitrogens with two attached hydrogens (primary N) is 1. The molecule has 2 N–H and O–H groups in total. The van der Waals surface area contributed by atoms with E-state index in [1.54, 1.807) is 12.4 Å². The second-order valence-electron chi connectivity index (χ2n) is 3.49. The second-order valence-corrected chi connectivity index (χ2v) is 3.49. The molecule has 0 aliphatic carbocycles. The van der Waals surface area contributed by atoms with E-state index in [0.717, 1.165) is 17.9 Å². The van der Waals surface area contributed by atoms with Crippen LogP contribution in [0.25, 0.3) is 0 Å². The predicted octanol–water partition coefficient (Wildman–Crippen LogP) is 1.09. The zero-order valence-electron chi connectivity index (χ0n) is 8.72. The highest BCUT2D eigenvalue weighted by Crippen LogP contribution is 2.05. The molecule has 0 bridgehead atoms. The van der Waals surface area contributed by atoms with Gasteiger partial charge in [-0.15, -0.1) is 0 Å². The summed E-state index contributed by atoms with van der Waals surface area (Å²) in [7, 11) is 0. The Balaban J connectivity index is 2.21. The molecular formula is C11H14N4. The van der Waals surface area contributed by atoms with Gasteiger partial charge in [-0.2, -0.15) is 5.10 Å². The number of hydrogen-bond acceptors (Lipinski definition) is 3. The molecule has 15 heavy (non-hydrogen) atoms. The minimum atomic E-state index is 0.478. The second kappa shape index (κ2) is 4.23. The molecule has 0 amide bonds. The normalized spacial score (nSPS) is 10.5. The van der Waals surface area contributed by atoms with Crippen LogP contribution in [0.15, 0.2) is 30.6 Å². The average Bonchev–Trinajstić information content (AvgIpc) is 2.65. The van der Waals surface area contributed by atoms with Crippen LogP contribution in [0.2, 0.25) is 0 Å². The van der Waals surface area contributed by atoms with Gasteiger partial charge < -0.3 is 5.73 Å². The topological polar surface area (TPSA) is 56.7 Å². The first kappa shape index (κ1) is 9.86. The smallest absolute Gasteiger partial charge is 0.0663 e. The monoisotopic (exact) mass is 202 g/mol. The summed E-state index contributed by atoms with van der Waals surface area (Å²) in [6.07, 6.45) is 3.59. The first-order chi connectivity index (χ1) is 7.29. The number of hydrogen-bond donors (Lipinski definition) is 1. The van der Waals surface area contributed by atoms with Gasteiger partial charge in [0.15, 0.2) is 0 Å². The van der Waals surface area contributed by atoms with Crippen molar-refractivity contribution in [2.45, 2.75) is 20.0 Å². The minimum Gasteiger partial charge on any atom is -0.325 e. The van der Waals surface area contributed by atoms with Gasteiger partial charge in [0.25, 0.3) is 0 Å². The SMILES string of the molecule is Cc1ccnn1Cc1ccnc(CN)c1. The van der Waals surface area contributed by atoms with Crippen molar-refractivity contribution >= 4 is 0 Å². The molecule has 0 radical (unpaired) electrons. The van der Waals surface area contributed by atoms with Gasteiger partial charge >= 0.3 is 0 Å². The minimum absolute atomic E-state index is 0.478. The van der Waals surface area contributed by atoms with E-state index in [-0.39, 0.29) is 0 Å². The Kier molecular flexibility index (Phi) is 2.78. The van der Waals surface area contributed by atoms with E-state index < -0.39 is 0 Å². The highest BCUT2D eigenvalue weighted by molar-refractivity contribution is 5.17. The van der Waals surface area contributed by atoms with Gasteiger partial charge in [0.05, 0.1) is 12.2 Å². The summed E-state index contributed by atoms with van der Waals surface area (Å²) >= 11 is 0. The number of rotatable bonds is 3. The summed E-state index contributed by atoms with van der Waals surface area (Å²) in [4.78, 5) is 4.15. The van der Waals surface area contributed by atoms with Crippen molar-refractivity contribution in [1.29, 1.82) is 0 Å². The molecule has 0 spiro atoms. The Bertz CT molecular complexity index is 447. The molecule has 0 aliphatic rings. The van der Waals surface area contributed by atoms with E-state index in [2.05, 4.69) is 10.1 Å². The van der Waals surface area contributed by atoms with Crippen LogP contribution in [0, 0.1) is 6.92 Å². The summed E-state index contributed by atoms with van der Waals surface area (Å²) in [5.74, 6) is 0. The van der Waals surface area contributed by atoms with Gasteiger partial charge in [0.2, 0.25) is 0 Å². The molecule has 0 atom stereocenters. The Hall–Kier alpha value is -1.68. The molecule has 0 saturated heterocycles. The van der Waals surface area contributed by atoms with Crippen molar-refractivity contribution in [1.82, 2.24) is 14.8 Å². The molecule has 4 nitrogen and oxygen atoms in total. The molecule has 2 aromatic rings. The van der Waals surface area contributed by atoms with Gasteiger partial charge in [0, 0.05) is 24.6 Å². The van der Waals surface area contributed by atoms with Crippen molar-refractivity contribution < 1.29 is 0 Å². The lowest BCUT2D eigenvalue weighted by molar-refractivity contribution is 0.663. The molecule has 4 heteroatoms. The Morgan fingerprint density at radius 1 is 1.33 bits per heavy atom. The highest BCUT2D eigenvalue weighted by Gasteiger charge is 2.00. The zero-order chi connectivity index (χ0) is 10.7. The van der Waals surface area contributed by atoms with E-state index in [1.165, 1.54) is 5.56 Å². The molecular weight excluding hydrogens is 188 g/mol. The molecule has 0 saturated carbocycles. The fourth-order valence-corrected chi connectivity index (χ4v) is 1.48. The van der Waals surface area contributed by atoms with Crippen LogP contribution in [0.3, 0.4) is 0 Å². The van der Waals surface area contributed by atoms with Crippen molar-refractivity contribution in [2.75, 3.05) is 0 Å². The third-order valence-electron chi connectivity index (χ3n) is 2.35. The molecule has 2 heterocycles. The molecule has 0 unspecified atom stereocenters. The third kappa shape index (κ3) is 2.22. The summed E-state index contributed by atoms with van der Waals surface area (Å²) in [6, 6.07) is 5.99. The summed E-state index contributed by atoms with van der Waals surface area (Å²) < 4.78 is 1.95. The van der Waals surface area contributed by atoms with E-state index in [9.17, 15) is 0 Å². The van der Waals surface area contributed by atoms with Gasteiger partial charge in [-0.05, 0) is 30.7 Å². The molecule has 0 fully saturated rings. The molecule has 78 valence electrons. The van der Waals surface area contributed by atoms with Crippen LogP contribution < -0.4 is 5.73 Å². The lowest BCUT2D eigenvalue weighted by atomic mass is 10.2. The number of aromatic nitrogens is 3. The maximum Gasteiger partial charge on any atom is 0.0663 e. The highest BCUT2D eigenvalue weighted by atomic mass is 15.3. The van der Waals surface area contributed by atoms with Gasteiger partial charge in [-0.25, -0.2) is 0 Å². The Morgan fingerprint density at radius 2 is 2.20 bits per heavy atom. The van der Waals surface area contributed by atoms with Gasteiger partial charge in [-0.3, -0.25) is 9.67 Å². The van der Waals surface area contributed by atoms with Crippen molar-refractivity contribution in [2.24, 2.45) is 5.73 Å². The quantitative estimate of drug-likeness (QED) is 0.810. The Morgan fingerprint density at radius 3 is 2.87 bits per heavy atom. The van der Waals surface area contributed by atoms with E-state index >= 15 is 0 Å². The average molecular weight is 202 g/mol. The molecule has 0 aromatic carbocycles. The van der Waals surface area contributed by atoms with Crippen LogP contribution in [-0.4, -0.2) is 14.8 Å². The van der Waals surface area contributed by atoms with E-state index in [1.807, 2.05) is 29.8 Å². The van der Waals surface area contributed by atoms with Crippen LogP contribution in [0.5, 0.6) is 0 Å². The van der Waals surface area contributed by atoms with Gasteiger partial charge in [-0.1, -0.05) is 0 Å². The lowest BCUT2D eigenvalue weighted by Crippen LogP contribution is -2.05. The van der Waals surface area contributed by atoms with E-state index in [4.69, 9.17) is 5.73 Å². The number of pyridine rings is 1. The first-order valence-corrected chi connectivity index (χ1v) is 4.92. The summed E-state index contributed by atoms with van der Waals surface area (Å²) in [5.41, 5.74) is 8.78. The standard InChI is InChI=1S/C11H14N4/c1-9-2-5-14-15(9)8-10-3-4-13-11(6-10)7-12/h2-6H,7-8,12H2,1H3. The van der Waals surface area contributed by atoms with Crippen LogP contribution >= 0.6 is 0 Å². The Labute approximate surface area is 88.8 Å². The third-order valence-corrected chi connectivity index (χ3v) is 2.35. The fraction of sp³-hybridized carbons (Fsp3) is 0.273. The van der Waals surface area contributed by atoms with E-state index in [0.29, 0.717) is 6.54 Å². The predicted molar refractivity (Wildman–Crippen MR) is 58.2 cm³/mol. The van der Waals surface area contributed by atoms with Crippen LogP contribution in [-0.2, 0) is 13.1 Å². The zero-order valence-corrected chi connectivity index (χ0v) is 8.72. The first-order valence-electron chi connectivity index (χ1n) is 4.92. The van der Waals surface area contributed by atoms with Crippen molar-refractivity contribution in [3.8, 4) is 0 Å². The lowest BCUT2D eigenvalue weighted by Gasteiger charge is -2.05. The molecule has 2 aromatic heterocycles. The summed E-state index contributed by atoms with van der Waals surface area (Å²) in [6.45, 7) is 3.29. The van der Waals surface area contributed by atoms with Gasteiger partial charge in [0.1, 0.15) is 0 Å². The molecule has 0 aliphatic heterocycles. The largest absolute Gasteiger partial charge is 0.325 e. The summed E-state index contributed by atoms with van der Waals surface area (Å²) in [5, 5.41) is 4.23. The van der Waals surface area contributed by atoms with Crippen LogP contribution in [0.4, 0.5) is 0 Å². The number of nitrogens with zero attached hydrogens (tertiary/aromatic N) is 3. The van der Waals surface area contributed by atoms with Crippen LogP contribution in [0.1, 0.15) is 17.0 Å². The maximum atomic E-state index is 5.54. The molecule has 2 rings (SSSR count). The maximum absolute atomic E-state index is 5.54. The van der Waals surface area contributed by atoms with Crippen molar-refractivity contribution in [3.63, 3.8) is 0 Å². The van der Waals surface area contributed by atoms with Crippen molar-refractivity contribution in [3.05, 3.63) is 47.5 Å². The fourth-order valence-electron chi connectivity index (χ4n) is 1.48.